The average molecular weight is 291 g/mol. The highest BCUT2D eigenvalue weighted by Crippen LogP contribution is 2.31. The molecule has 21 heavy (non-hydrogen) atoms. The lowest BCUT2D eigenvalue weighted by Crippen LogP contribution is -2.18. The van der Waals surface area contributed by atoms with Gasteiger partial charge >= 0.3 is 0 Å². The van der Waals surface area contributed by atoms with Crippen LogP contribution in [0.3, 0.4) is 0 Å². The molecule has 2 aromatic rings. The Labute approximate surface area is 120 Å². The Kier molecular flexibility index (Phi) is 3.68. The van der Waals surface area contributed by atoms with E-state index in [1.54, 1.807) is 16.9 Å². The van der Waals surface area contributed by atoms with E-state index < -0.39 is 17.5 Å². The molecule has 0 radical (unpaired) electrons. The van der Waals surface area contributed by atoms with Crippen LogP contribution in [-0.4, -0.2) is 15.7 Å². The van der Waals surface area contributed by atoms with E-state index in [0.29, 0.717) is 11.9 Å². The van der Waals surface area contributed by atoms with Crippen LogP contribution in [-0.2, 0) is 0 Å². The molecule has 1 aromatic carbocycles. The van der Waals surface area contributed by atoms with Gasteiger partial charge in [-0.2, -0.15) is 5.10 Å². The van der Waals surface area contributed by atoms with E-state index in [-0.39, 0.29) is 5.56 Å². The number of carbonyl (C=O) groups is 1. The third-order valence-corrected chi connectivity index (χ3v) is 3.76. The molecule has 1 fully saturated rings. The van der Waals surface area contributed by atoms with Gasteiger partial charge in [0, 0.05) is 11.6 Å². The molecule has 1 saturated carbocycles. The number of nitrogens with one attached hydrogen (secondary N) is 1. The molecule has 1 aliphatic carbocycles. The number of halogens is 2. The molecule has 110 valence electrons. The Morgan fingerprint density at radius 1 is 1.19 bits per heavy atom. The van der Waals surface area contributed by atoms with Gasteiger partial charge in [0.15, 0.2) is 11.6 Å². The number of hydrogen-bond donors (Lipinski definition) is 1. The van der Waals surface area contributed by atoms with Gasteiger partial charge in [0.2, 0.25) is 0 Å². The van der Waals surface area contributed by atoms with E-state index >= 15 is 0 Å². The third-order valence-electron chi connectivity index (χ3n) is 3.76. The number of amides is 1. The fraction of sp³-hybridized carbons (Fsp3) is 0.333. The molecule has 6 heteroatoms. The third kappa shape index (κ3) is 2.79. The number of benzene rings is 1. The highest BCUT2D eigenvalue weighted by atomic mass is 19.2. The molecule has 0 aliphatic heterocycles. The van der Waals surface area contributed by atoms with Gasteiger partial charge in [0.25, 0.3) is 5.91 Å². The highest BCUT2D eigenvalue weighted by Gasteiger charge is 2.21. The first-order valence-electron chi connectivity index (χ1n) is 6.95. The summed E-state index contributed by atoms with van der Waals surface area (Å²) in [5.41, 5.74) is 0.0769. The topological polar surface area (TPSA) is 46.9 Å². The predicted octanol–water partition coefficient (Wildman–Crippen LogP) is 3.53. The molecule has 4 nitrogen and oxygen atoms in total. The Morgan fingerprint density at radius 2 is 1.95 bits per heavy atom. The summed E-state index contributed by atoms with van der Waals surface area (Å²) in [4.78, 5) is 12.1. The lowest BCUT2D eigenvalue weighted by Gasteiger charge is -2.14. The van der Waals surface area contributed by atoms with Crippen molar-refractivity contribution in [1.82, 2.24) is 9.78 Å². The molecular weight excluding hydrogens is 276 g/mol. The van der Waals surface area contributed by atoms with E-state index in [0.717, 1.165) is 37.8 Å². The summed E-state index contributed by atoms with van der Waals surface area (Å²) < 4.78 is 27.9. The van der Waals surface area contributed by atoms with Crippen LogP contribution in [0, 0.1) is 11.6 Å². The number of rotatable bonds is 3. The van der Waals surface area contributed by atoms with Crippen LogP contribution in [0.4, 0.5) is 14.6 Å². The van der Waals surface area contributed by atoms with Crippen LogP contribution >= 0.6 is 0 Å². The fourth-order valence-electron chi connectivity index (χ4n) is 2.68. The fourth-order valence-corrected chi connectivity index (χ4v) is 2.68. The van der Waals surface area contributed by atoms with Crippen LogP contribution in [0.1, 0.15) is 42.1 Å². The second-order valence-electron chi connectivity index (χ2n) is 5.18. The zero-order valence-electron chi connectivity index (χ0n) is 11.4. The Balaban J connectivity index is 1.78. The van der Waals surface area contributed by atoms with Crippen molar-refractivity contribution in [2.24, 2.45) is 0 Å². The normalized spacial score (nSPS) is 15.3. The van der Waals surface area contributed by atoms with Crippen molar-refractivity contribution in [3.05, 3.63) is 47.7 Å². The Bertz CT molecular complexity index is 663. The van der Waals surface area contributed by atoms with Crippen molar-refractivity contribution in [3.8, 4) is 0 Å². The summed E-state index contributed by atoms with van der Waals surface area (Å²) in [5, 5.41) is 6.95. The van der Waals surface area contributed by atoms with Crippen molar-refractivity contribution in [3.63, 3.8) is 0 Å². The number of nitrogens with zero attached hydrogens (tertiary/aromatic N) is 2. The molecule has 1 N–H and O–H groups in total. The maximum atomic E-state index is 13.2. The second kappa shape index (κ2) is 5.63. The number of hydrogen-bond acceptors (Lipinski definition) is 2. The van der Waals surface area contributed by atoms with E-state index in [9.17, 15) is 13.6 Å². The first kappa shape index (κ1) is 13.7. The first-order valence-corrected chi connectivity index (χ1v) is 6.95. The summed E-state index contributed by atoms with van der Waals surface area (Å²) in [6.45, 7) is 0. The molecule has 1 amide bonds. The SMILES string of the molecule is O=C(Nc1ccnn1C1CCCC1)c1ccc(F)c(F)c1. The number of aromatic nitrogens is 2. The van der Waals surface area contributed by atoms with Crippen molar-refractivity contribution in [2.75, 3.05) is 5.32 Å². The second-order valence-corrected chi connectivity index (χ2v) is 5.18. The van der Waals surface area contributed by atoms with E-state index in [1.165, 1.54) is 6.07 Å². The summed E-state index contributed by atoms with van der Waals surface area (Å²) in [6, 6.07) is 5.08. The quantitative estimate of drug-likeness (QED) is 0.940. The van der Waals surface area contributed by atoms with Gasteiger partial charge in [-0.1, -0.05) is 12.8 Å². The van der Waals surface area contributed by atoms with Crippen LogP contribution in [0.15, 0.2) is 30.5 Å². The summed E-state index contributed by atoms with van der Waals surface area (Å²) in [6.07, 6.45) is 6.01. The van der Waals surface area contributed by atoms with Crippen LogP contribution in [0.5, 0.6) is 0 Å². The molecule has 1 aromatic heterocycles. The van der Waals surface area contributed by atoms with Crippen LogP contribution in [0.25, 0.3) is 0 Å². The summed E-state index contributed by atoms with van der Waals surface area (Å²) in [7, 11) is 0. The molecule has 0 bridgehead atoms. The molecule has 1 aliphatic rings. The molecule has 0 atom stereocenters. The van der Waals surface area contributed by atoms with E-state index in [4.69, 9.17) is 0 Å². The van der Waals surface area contributed by atoms with Crippen molar-refractivity contribution < 1.29 is 13.6 Å². The van der Waals surface area contributed by atoms with E-state index in [2.05, 4.69) is 10.4 Å². The van der Waals surface area contributed by atoms with Crippen LogP contribution in [0.2, 0.25) is 0 Å². The van der Waals surface area contributed by atoms with Gasteiger partial charge in [0.05, 0.1) is 12.2 Å². The minimum atomic E-state index is -1.04. The smallest absolute Gasteiger partial charge is 0.256 e. The largest absolute Gasteiger partial charge is 0.307 e. The van der Waals surface area contributed by atoms with Gasteiger partial charge < -0.3 is 5.32 Å². The molecule has 0 unspecified atom stereocenters. The number of anilines is 1. The lowest BCUT2D eigenvalue weighted by atomic mass is 10.2. The summed E-state index contributed by atoms with van der Waals surface area (Å²) >= 11 is 0. The maximum Gasteiger partial charge on any atom is 0.256 e. The highest BCUT2D eigenvalue weighted by molar-refractivity contribution is 6.03. The predicted molar refractivity (Wildman–Crippen MR) is 74.0 cm³/mol. The maximum absolute atomic E-state index is 13.2. The monoisotopic (exact) mass is 291 g/mol. The van der Waals surface area contributed by atoms with Crippen LogP contribution < -0.4 is 5.32 Å². The molecule has 1 heterocycles. The summed E-state index contributed by atoms with van der Waals surface area (Å²) in [5.74, 6) is -1.90. The minimum absolute atomic E-state index is 0.0769. The van der Waals surface area contributed by atoms with Crippen molar-refractivity contribution in [1.29, 1.82) is 0 Å². The Morgan fingerprint density at radius 3 is 2.67 bits per heavy atom. The van der Waals surface area contributed by atoms with Gasteiger partial charge in [0.1, 0.15) is 5.82 Å². The van der Waals surface area contributed by atoms with Gasteiger partial charge in [-0.25, -0.2) is 13.5 Å². The van der Waals surface area contributed by atoms with Crippen molar-refractivity contribution in [2.45, 2.75) is 31.7 Å². The average Bonchev–Trinajstić information content (AvgIpc) is 3.12. The molecule has 0 spiro atoms. The van der Waals surface area contributed by atoms with Gasteiger partial charge in [-0.05, 0) is 31.0 Å². The standard InChI is InChI=1S/C15H15F2N3O/c16-12-6-5-10(9-13(12)17)15(21)19-14-7-8-18-20(14)11-3-1-2-4-11/h5-9,11H,1-4H2,(H,19,21). The zero-order valence-corrected chi connectivity index (χ0v) is 11.4. The zero-order chi connectivity index (χ0) is 14.8. The molecular formula is C15H15F2N3O. The molecule has 0 saturated heterocycles. The Hall–Kier alpha value is -2.24. The lowest BCUT2D eigenvalue weighted by molar-refractivity contribution is 0.102. The van der Waals surface area contributed by atoms with Crippen molar-refractivity contribution >= 4 is 11.7 Å². The number of carbonyl (C=O) groups excluding carboxylic acids is 1. The van der Waals surface area contributed by atoms with E-state index in [1.807, 2.05) is 0 Å². The molecule has 3 rings (SSSR count). The minimum Gasteiger partial charge on any atom is -0.307 e. The van der Waals surface area contributed by atoms with Gasteiger partial charge in [-0.15, -0.1) is 0 Å². The van der Waals surface area contributed by atoms with Gasteiger partial charge in [-0.3, -0.25) is 4.79 Å². The first-order chi connectivity index (χ1) is 10.1.